The maximum Gasteiger partial charge on any atom is 0.317 e. The van der Waals surface area contributed by atoms with Gasteiger partial charge in [-0.25, -0.2) is 4.79 Å². The highest BCUT2D eigenvalue weighted by Gasteiger charge is 2.24. The molecule has 0 atom stereocenters. The number of carbonyl (C=O) groups excluding carboxylic acids is 3. The van der Waals surface area contributed by atoms with Gasteiger partial charge < -0.3 is 19.9 Å². The topological polar surface area (TPSA) is 79.0 Å². The molecule has 1 saturated heterocycles. The predicted molar refractivity (Wildman–Crippen MR) is 84.8 cm³/mol. The lowest BCUT2D eigenvalue weighted by atomic mass is 10.2. The summed E-state index contributed by atoms with van der Waals surface area (Å²) in [5, 5.41) is 3.09. The summed E-state index contributed by atoms with van der Waals surface area (Å²) in [4.78, 5) is 39.1. The summed E-state index contributed by atoms with van der Waals surface area (Å²) in [7, 11) is 1.32. The van der Waals surface area contributed by atoms with Crippen LogP contribution in [-0.2, 0) is 14.3 Å². The summed E-state index contributed by atoms with van der Waals surface area (Å²) in [5.41, 5.74) is 0. The van der Waals surface area contributed by atoms with Gasteiger partial charge in [0.1, 0.15) is 0 Å². The van der Waals surface area contributed by atoms with E-state index in [0.717, 1.165) is 19.3 Å². The summed E-state index contributed by atoms with van der Waals surface area (Å²) in [5.74, 6) is -0.417. The van der Waals surface area contributed by atoms with Crippen molar-refractivity contribution in [3.8, 4) is 0 Å². The number of ether oxygens (including phenoxy) is 1. The number of urea groups is 1. The highest BCUT2D eigenvalue weighted by Crippen LogP contribution is 2.18. The second-order valence-electron chi connectivity index (χ2n) is 6.23. The van der Waals surface area contributed by atoms with Crippen LogP contribution in [0.25, 0.3) is 0 Å². The summed E-state index contributed by atoms with van der Waals surface area (Å²) in [6.07, 6.45) is 5.55. The number of rotatable bonds is 4. The van der Waals surface area contributed by atoms with Gasteiger partial charge in [0.25, 0.3) is 0 Å². The van der Waals surface area contributed by atoms with Gasteiger partial charge in [-0.05, 0) is 19.3 Å². The van der Waals surface area contributed by atoms with Crippen LogP contribution in [0.2, 0.25) is 0 Å². The molecule has 130 valence electrons. The van der Waals surface area contributed by atoms with Crippen molar-refractivity contribution in [2.75, 3.05) is 33.3 Å². The number of nitrogens with one attached hydrogen (secondary N) is 1. The molecule has 7 nitrogen and oxygen atoms in total. The first kappa shape index (κ1) is 17.6. The second-order valence-corrected chi connectivity index (χ2v) is 6.23. The van der Waals surface area contributed by atoms with E-state index in [1.54, 1.807) is 9.80 Å². The van der Waals surface area contributed by atoms with E-state index >= 15 is 0 Å². The number of carbonyl (C=O) groups is 3. The molecule has 0 aromatic heterocycles. The zero-order valence-corrected chi connectivity index (χ0v) is 13.9. The Morgan fingerprint density at radius 2 is 1.61 bits per heavy atom. The van der Waals surface area contributed by atoms with E-state index in [0.29, 0.717) is 32.2 Å². The van der Waals surface area contributed by atoms with Crippen LogP contribution >= 0.6 is 0 Å². The maximum absolute atomic E-state index is 12.3. The molecule has 0 aromatic carbocycles. The van der Waals surface area contributed by atoms with Crippen molar-refractivity contribution in [1.82, 2.24) is 15.1 Å². The van der Waals surface area contributed by atoms with Gasteiger partial charge >= 0.3 is 12.0 Å². The maximum atomic E-state index is 12.3. The molecular formula is C16H27N3O4. The van der Waals surface area contributed by atoms with E-state index in [-0.39, 0.29) is 30.7 Å². The Morgan fingerprint density at radius 1 is 0.957 bits per heavy atom. The SMILES string of the molecule is COC(=O)CCC(=O)N1CCCN(C(=O)NC2CCCC2)CC1. The minimum atomic E-state index is -0.370. The minimum absolute atomic E-state index is 0.0132. The third-order valence-electron chi connectivity index (χ3n) is 4.59. The summed E-state index contributed by atoms with van der Waals surface area (Å²) < 4.78 is 4.55. The van der Waals surface area contributed by atoms with Crippen molar-refractivity contribution >= 4 is 17.9 Å². The number of hydrogen-bond donors (Lipinski definition) is 1. The molecule has 1 heterocycles. The van der Waals surface area contributed by atoms with Crippen molar-refractivity contribution in [3.05, 3.63) is 0 Å². The van der Waals surface area contributed by atoms with Crippen molar-refractivity contribution in [2.45, 2.75) is 51.0 Å². The zero-order chi connectivity index (χ0) is 16.7. The molecule has 3 amide bonds. The summed E-state index contributed by atoms with van der Waals surface area (Å²) in [6, 6.07) is 0.296. The normalized spacial score (nSPS) is 19.3. The van der Waals surface area contributed by atoms with E-state index in [1.165, 1.54) is 20.0 Å². The molecule has 0 radical (unpaired) electrons. The zero-order valence-electron chi connectivity index (χ0n) is 13.9. The average Bonchev–Trinajstić information content (AvgIpc) is 2.93. The molecule has 23 heavy (non-hydrogen) atoms. The van der Waals surface area contributed by atoms with E-state index in [2.05, 4.69) is 10.1 Å². The molecule has 0 unspecified atom stereocenters. The number of methoxy groups -OCH3 is 1. The van der Waals surface area contributed by atoms with Crippen LogP contribution in [0.4, 0.5) is 4.79 Å². The van der Waals surface area contributed by atoms with E-state index < -0.39 is 0 Å². The molecule has 2 fully saturated rings. The Morgan fingerprint density at radius 3 is 2.30 bits per heavy atom. The van der Waals surface area contributed by atoms with Crippen molar-refractivity contribution < 1.29 is 19.1 Å². The van der Waals surface area contributed by atoms with E-state index in [1.807, 2.05) is 0 Å². The lowest BCUT2D eigenvalue weighted by Crippen LogP contribution is -2.45. The van der Waals surface area contributed by atoms with Gasteiger partial charge in [-0.1, -0.05) is 12.8 Å². The molecule has 7 heteroatoms. The largest absolute Gasteiger partial charge is 0.469 e. The highest BCUT2D eigenvalue weighted by atomic mass is 16.5. The molecule has 1 saturated carbocycles. The average molecular weight is 325 g/mol. The Balaban J connectivity index is 1.75. The second kappa shape index (κ2) is 8.74. The van der Waals surface area contributed by atoms with Crippen LogP contribution in [0, 0.1) is 0 Å². The van der Waals surface area contributed by atoms with Crippen LogP contribution < -0.4 is 5.32 Å². The predicted octanol–water partition coefficient (Wildman–Crippen LogP) is 1.13. The Hall–Kier alpha value is -1.79. The molecular weight excluding hydrogens is 298 g/mol. The summed E-state index contributed by atoms with van der Waals surface area (Å²) in [6.45, 7) is 2.37. The Kier molecular flexibility index (Phi) is 6.67. The van der Waals surface area contributed by atoms with Crippen molar-refractivity contribution in [2.24, 2.45) is 0 Å². The van der Waals surface area contributed by atoms with Crippen molar-refractivity contribution in [1.29, 1.82) is 0 Å². The van der Waals surface area contributed by atoms with Crippen LogP contribution in [0.3, 0.4) is 0 Å². The Labute approximate surface area is 137 Å². The third-order valence-corrected chi connectivity index (χ3v) is 4.59. The van der Waals surface area contributed by atoms with Gasteiger partial charge in [0.05, 0.1) is 13.5 Å². The van der Waals surface area contributed by atoms with Gasteiger partial charge in [0.2, 0.25) is 5.91 Å². The lowest BCUT2D eigenvalue weighted by molar-refractivity contribution is -0.143. The first-order valence-electron chi connectivity index (χ1n) is 8.50. The Bertz CT molecular complexity index is 435. The first-order chi connectivity index (χ1) is 11.1. The van der Waals surface area contributed by atoms with Gasteiger partial charge in [-0.15, -0.1) is 0 Å². The summed E-state index contributed by atoms with van der Waals surface area (Å²) >= 11 is 0. The highest BCUT2D eigenvalue weighted by molar-refractivity contribution is 5.81. The molecule has 1 N–H and O–H groups in total. The van der Waals surface area contributed by atoms with Gasteiger partial charge in [-0.3, -0.25) is 9.59 Å². The molecule has 1 aliphatic carbocycles. The number of hydrogen-bond acceptors (Lipinski definition) is 4. The fraction of sp³-hybridized carbons (Fsp3) is 0.812. The third kappa shape index (κ3) is 5.41. The molecule has 0 aromatic rings. The number of nitrogens with zero attached hydrogens (tertiary/aromatic N) is 2. The number of esters is 1. The van der Waals surface area contributed by atoms with Crippen LogP contribution in [0.15, 0.2) is 0 Å². The number of amides is 3. The van der Waals surface area contributed by atoms with Gasteiger partial charge in [0.15, 0.2) is 0 Å². The van der Waals surface area contributed by atoms with Crippen LogP contribution in [-0.4, -0.2) is 67.0 Å². The van der Waals surface area contributed by atoms with Crippen LogP contribution in [0.5, 0.6) is 0 Å². The fourth-order valence-electron chi connectivity index (χ4n) is 3.18. The van der Waals surface area contributed by atoms with Gasteiger partial charge in [-0.2, -0.15) is 0 Å². The molecule has 0 bridgehead atoms. The monoisotopic (exact) mass is 325 g/mol. The minimum Gasteiger partial charge on any atom is -0.469 e. The fourth-order valence-corrected chi connectivity index (χ4v) is 3.18. The standard InChI is InChI=1S/C16H27N3O4/c1-23-15(21)8-7-14(20)18-9-4-10-19(12-11-18)16(22)17-13-5-2-3-6-13/h13H,2-12H2,1H3,(H,17,22). The van der Waals surface area contributed by atoms with E-state index in [4.69, 9.17) is 0 Å². The smallest absolute Gasteiger partial charge is 0.317 e. The van der Waals surface area contributed by atoms with Crippen LogP contribution in [0.1, 0.15) is 44.9 Å². The first-order valence-corrected chi connectivity index (χ1v) is 8.50. The van der Waals surface area contributed by atoms with E-state index in [9.17, 15) is 14.4 Å². The quantitative estimate of drug-likeness (QED) is 0.786. The molecule has 1 aliphatic heterocycles. The van der Waals surface area contributed by atoms with Crippen molar-refractivity contribution in [3.63, 3.8) is 0 Å². The molecule has 2 rings (SSSR count). The lowest BCUT2D eigenvalue weighted by Gasteiger charge is -2.24. The van der Waals surface area contributed by atoms with Gasteiger partial charge in [0, 0.05) is 38.6 Å². The molecule has 0 spiro atoms. The molecule has 2 aliphatic rings.